The maximum absolute atomic E-state index is 6.13. The summed E-state index contributed by atoms with van der Waals surface area (Å²) >= 11 is 8.06. The van der Waals surface area contributed by atoms with Crippen molar-refractivity contribution in [2.75, 3.05) is 18.9 Å². The lowest BCUT2D eigenvalue weighted by Crippen LogP contribution is -2.39. The van der Waals surface area contributed by atoms with Gasteiger partial charge in [0, 0.05) is 29.1 Å². The molecule has 0 aliphatic carbocycles. The first-order valence-electron chi connectivity index (χ1n) is 6.96. The van der Waals surface area contributed by atoms with Crippen LogP contribution in [0, 0.1) is 0 Å². The zero-order chi connectivity index (χ0) is 13.3. The number of nitrogens with one attached hydrogen (secondary N) is 1. The maximum atomic E-state index is 6.13. The average molecular weight is 298 g/mol. The van der Waals surface area contributed by atoms with Crippen LogP contribution in [-0.4, -0.2) is 24.5 Å². The van der Waals surface area contributed by atoms with Crippen LogP contribution in [0.25, 0.3) is 0 Å². The minimum Gasteiger partial charge on any atom is -0.374 e. The van der Waals surface area contributed by atoms with Gasteiger partial charge >= 0.3 is 0 Å². The minimum absolute atomic E-state index is 0.0172. The maximum Gasteiger partial charge on any atom is 0.0779 e. The Kier molecular flexibility index (Phi) is 4.08. The summed E-state index contributed by atoms with van der Waals surface area (Å²) in [5, 5.41) is 4.52. The summed E-state index contributed by atoms with van der Waals surface area (Å²) < 4.78 is 5.85. The molecule has 4 heteroatoms. The molecule has 2 unspecified atom stereocenters. The summed E-state index contributed by atoms with van der Waals surface area (Å²) in [4.78, 5) is 1.37. The van der Waals surface area contributed by atoms with Gasteiger partial charge in [0.15, 0.2) is 0 Å². The van der Waals surface area contributed by atoms with Crippen LogP contribution in [-0.2, 0) is 4.74 Å². The number of hydrogen-bond donors (Lipinski definition) is 1. The summed E-state index contributed by atoms with van der Waals surface area (Å²) in [6, 6.07) is 6.65. The topological polar surface area (TPSA) is 21.3 Å². The van der Waals surface area contributed by atoms with Crippen molar-refractivity contribution in [1.29, 1.82) is 0 Å². The van der Waals surface area contributed by atoms with Gasteiger partial charge in [0.25, 0.3) is 0 Å². The largest absolute Gasteiger partial charge is 0.374 e. The summed E-state index contributed by atoms with van der Waals surface area (Å²) in [5.41, 5.74) is 1.37. The molecule has 0 radical (unpaired) electrons. The molecule has 1 saturated heterocycles. The van der Waals surface area contributed by atoms with Crippen LogP contribution in [0.15, 0.2) is 23.1 Å². The first-order valence-corrected chi connectivity index (χ1v) is 8.32. The molecule has 3 rings (SSSR count). The molecule has 0 aromatic heterocycles. The van der Waals surface area contributed by atoms with Crippen molar-refractivity contribution in [2.45, 2.75) is 42.7 Å². The lowest BCUT2D eigenvalue weighted by Gasteiger charge is -2.30. The standard InChI is InChI=1S/C15H20ClNOS/c1-15(6-2-7-18-15)10-17-13-5-8-19-14-4-3-11(16)9-12(13)14/h3-4,9,13,17H,2,5-8,10H2,1H3. The first-order chi connectivity index (χ1) is 9.16. The predicted octanol–water partition coefficient (Wildman–Crippen LogP) is 4.04. The Morgan fingerprint density at radius 3 is 3.21 bits per heavy atom. The van der Waals surface area contributed by atoms with Gasteiger partial charge in [-0.2, -0.15) is 0 Å². The van der Waals surface area contributed by atoms with Crippen molar-refractivity contribution in [2.24, 2.45) is 0 Å². The average Bonchev–Trinajstić information content (AvgIpc) is 2.84. The van der Waals surface area contributed by atoms with E-state index in [0.29, 0.717) is 6.04 Å². The van der Waals surface area contributed by atoms with Crippen molar-refractivity contribution < 1.29 is 4.74 Å². The molecule has 1 aromatic rings. The smallest absolute Gasteiger partial charge is 0.0779 e. The van der Waals surface area contributed by atoms with Crippen LogP contribution in [0.4, 0.5) is 0 Å². The fourth-order valence-corrected chi connectivity index (χ4v) is 4.18. The second-order valence-electron chi connectivity index (χ2n) is 5.65. The van der Waals surface area contributed by atoms with Gasteiger partial charge in [-0.15, -0.1) is 11.8 Å². The molecule has 104 valence electrons. The Labute approximate surface area is 124 Å². The number of thioether (sulfide) groups is 1. The number of hydrogen-bond acceptors (Lipinski definition) is 3. The molecular formula is C15H20ClNOS. The third-order valence-electron chi connectivity index (χ3n) is 4.03. The SMILES string of the molecule is CC1(CNC2CCSc3ccc(Cl)cc32)CCCO1. The van der Waals surface area contributed by atoms with Gasteiger partial charge in [0.2, 0.25) is 0 Å². The van der Waals surface area contributed by atoms with Crippen LogP contribution < -0.4 is 5.32 Å². The molecule has 1 fully saturated rings. The molecule has 2 atom stereocenters. The lowest BCUT2D eigenvalue weighted by atomic mass is 9.99. The van der Waals surface area contributed by atoms with E-state index in [9.17, 15) is 0 Å². The first kappa shape index (κ1) is 13.7. The normalized spacial score (nSPS) is 30.3. The summed E-state index contributed by atoms with van der Waals surface area (Å²) in [7, 11) is 0. The molecule has 0 amide bonds. The van der Waals surface area contributed by atoms with E-state index in [0.717, 1.165) is 31.0 Å². The summed E-state index contributed by atoms with van der Waals surface area (Å²) in [5.74, 6) is 1.17. The highest BCUT2D eigenvalue weighted by atomic mass is 35.5. The van der Waals surface area contributed by atoms with Gasteiger partial charge in [-0.3, -0.25) is 0 Å². The van der Waals surface area contributed by atoms with Gasteiger partial charge in [-0.1, -0.05) is 11.6 Å². The van der Waals surface area contributed by atoms with Crippen molar-refractivity contribution in [1.82, 2.24) is 5.32 Å². The lowest BCUT2D eigenvalue weighted by molar-refractivity contribution is 0.0185. The van der Waals surface area contributed by atoms with E-state index in [4.69, 9.17) is 16.3 Å². The van der Waals surface area contributed by atoms with E-state index in [2.05, 4.69) is 24.4 Å². The number of halogens is 1. The second-order valence-corrected chi connectivity index (χ2v) is 7.23. The highest BCUT2D eigenvalue weighted by Gasteiger charge is 2.31. The van der Waals surface area contributed by atoms with Gasteiger partial charge in [0.05, 0.1) is 5.60 Å². The fraction of sp³-hybridized carbons (Fsp3) is 0.600. The number of ether oxygens (including phenoxy) is 1. The molecular weight excluding hydrogens is 278 g/mol. The van der Waals surface area contributed by atoms with Crippen LogP contribution in [0.1, 0.15) is 37.8 Å². The second kappa shape index (κ2) is 5.65. The van der Waals surface area contributed by atoms with Gasteiger partial charge in [-0.25, -0.2) is 0 Å². The zero-order valence-corrected chi connectivity index (χ0v) is 12.8. The Morgan fingerprint density at radius 2 is 2.42 bits per heavy atom. The number of benzene rings is 1. The fourth-order valence-electron chi connectivity index (χ4n) is 2.89. The molecule has 2 aliphatic heterocycles. The monoisotopic (exact) mass is 297 g/mol. The molecule has 2 nitrogen and oxygen atoms in total. The molecule has 0 saturated carbocycles. The third-order valence-corrected chi connectivity index (χ3v) is 5.39. The Balaban J connectivity index is 1.71. The molecule has 19 heavy (non-hydrogen) atoms. The molecule has 0 bridgehead atoms. The van der Waals surface area contributed by atoms with Crippen LogP contribution in [0.5, 0.6) is 0 Å². The predicted molar refractivity (Wildman–Crippen MR) is 81.1 cm³/mol. The Morgan fingerprint density at radius 1 is 1.53 bits per heavy atom. The van der Waals surface area contributed by atoms with Crippen molar-refractivity contribution in [3.63, 3.8) is 0 Å². The van der Waals surface area contributed by atoms with Crippen LogP contribution in [0.2, 0.25) is 5.02 Å². The Bertz CT molecular complexity index is 459. The van der Waals surface area contributed by atoms with E-state index in [1.807, 2.05) is 17.8 Å². The van der Waals surface area contributed by atoms with Crippen LogP contribution in [0.3, 0.4) is 0 Å². The molecule has 2 aliphatic rings. The molecule has 0 spiro atoms. The van der Waals surface area contributed by atoms with E-state index < -0.39 is 0 Å². The minimum atomic E-state index is 0.0172. The van der Waals surface area contributed by atoms with Crippen molar-refractivity contribution in [3.05, 3.63) is 28.8 Å². The highest BCUT2D eigenvalue weighted by molar-refractivity contribution is 7.99. The Hall–Kier alpha value is -0.220. The zero-order valence-electron chi connectivity index (χ0n) is 11.2. The van der Waals surface area contributed by atoms with Gasteiger partial charge < -0.3 is 10.1 Å². The van der Waals surface area contributed by atoms with E-state index in [1.165, 1.54) is 22.6 Å². The summed E-state index contributed by atoms with van der Waals surface area (Å²) in [6.07, 6.45) is 3.50. The van der Waals surface area contributed by atoms with Gasteiger partial charge in [0.1, 0.15) is 0 Å². The summed E-state index contributed by atoms with van der Waals surface area (Å²) in [6.45, 7) is 4.04. The quantitative estimate of drug-likeness (QED) is 0.910. The van der Waals surface area contributed by atoms with Crippen molar-refractivity contribution in [3.8, 4) is 0 Å². The molecule has 2 heterocycles. The number of fused-ring (bicyclic) bond motifs is 1. The van der Waals surface area contributed by atoms with Gasteiger partial charge in [-0.05, 0) is 55.7 Å². The highest BCUT2D eigenvalue weighted by Crippen LogP contribution is 2.38. The molecule has 1 N–H and O–H groups in total. The van der Waals surface area contributed by atoms with E-state index in [-0.39, 0.29) is 5.60 Å². The van der Waals surface area contributed by atoms with Crippen LogP contribution >= 0.6 is 23.4 Å². The third kappa shape index (κ3) is 3.10. The molecule has 1 aromatic carbocycles. The van der Waals surface area contributed by atoms with E-state index in [1.54, 1.807) is 0 Å². The van der Waals surface area contributed by atoms with E-state index >= 15 is 0 Å². The van der Waals surface area contributed by atoms with Crippen molar-refractivity contribution >= 4 is 23.4 Å². The number of rotatable bonds is 3.